The highest BCUT2D eigenvalue weighted by Gasteiger charge is 2.39. The number of nitrogens with zero attached hydrogens (tertiary/aromatic N) is 3. The molecule has 1 aromatic heterocycles. The van der Waals surface area contributed by atoms with Crippen LogP contribution in [0.1, 0.15) is 13.3 Å². The zero-order valence-electron chi connectivity index (χ0n) is 10.1. The van der Waals surface area contributed by atoms with Gasteiger partial charge in [-0.3, -0.25) is 4.79 Å². The third-order valence-electron chi connectivity index (χ3n) is 3.26. The van der Waals surface area contributed by atoms with Crippen LogP contribution < -0.4 is 16.0 Å². The third kappa shape index (κ3) is 2.15. The van der Waals surface area contributed by atoms with Crippen molar-refractivity contribution in [1.82, 2.24) is 9.97 Å². The van der Waals surface area contributed by atoms with Crippen molar-refractivity contribution in [1.29, 1.82) is 0 Å². The van der Waals surface area contributed by atoms with E-state index in [1.165, 1.54) is 0 Å². The summed E-state index contributed by atoms with van der Waals surface area (Å²) in [6.45, 7) is 3.30. The maximum absolute atomic E-state index is 11.4. The molecule has 0 aliphatic carbocycles. The first-order chi connectivity index (χ1) is 8.05. The van der Waals surface area contributed by atoms with Crippen LogP contribution in [0.5, 0.6) is 0 Å². The van der Waals surface area contributed by atoms with Crippen LogP contribution in [0.2, 0.25) is 0 Å². The molecule has 1 atom stereocenters. The summed E-state index contributed by atoms with van der Waals surface area (Å²) in [7, 11) is 1.77. The molecule has 0 spiro atoms. The minimum Gasteiger partial charge on any atom is -0.369 e. The van der Waals surface area contributed by atoms with Crippen LogP contribution in [-0.2, 0) is 4.79 Å². The molecule has 1 aromatic rings. The highest BCUT2D eigenvalue weighted by atomic mass is 16.1. The van der Waals surface area contributed by atoms with Crippen LogP contribution in [-0.4, -0.2) is 36.0 Å². The van der Waals surface area contributed by atoms with Crippen molar-refractivity contribution < 1.29 is 4.79 Å². The number of rotatable bonds is 3. The first kappa shape index (κ1) is 11.6. The van der Waals surface area contributed by atoms with E-state index in [4.69, 9.17) is 5.73 Å². The number of amides is 1. The van der Waals surface area contributed by atoms with E-state index in [0.717, 1.165) is 18.8 Å². The summed E-state index contributed by atoms with van der Waals surface area (Å²) in [5, 5.41) is 2.89. The fourth-order valence-electron chi connectivity index (χ4n) is 2.00. The van der Waals surface area contributed by atoms with Gasteiger partial charge in [0.15, 0.2) is 0 Å². The Hall–Kier alpha value is -1.85. The van der Waals surface area contributed by atoms with Gasteiger partial charge in [-0.25, -0.2) is 4.98 Å². The zero-order chi connectivity index (χ0) is 12.5. The van der Waals surface area contributed by atoms with Crippen LogP contribution in [0.3, 0.4) is 0 Å². The first-order valence-corrected chi connectivity index (χ1v) is 5.61. The molecule has 3 N–H and O–H groups in total. The monoisotopic (exact) mass is 235 g/mol. The first-order valence-electron chi connectivity index (χ1n) is 5.61. The van der Waals surface area contributed by atoms with Gasteiger partial charge in [-0.15, -0.1) is 0 Å². The lowest BCUT2D eigenvalue weighted by Crippen LogP contribution is -2.37. The molecule has 1 unspecified atom stereocenters. The molecular weight excluding hydrogens is 218 g/mol. The number of nitrogens with two attached hydrogens (primary N) is 1. The molecule has 0 bridgehead atoms. The summed E-state index contributed by atoms with van der Waals surface area (Å²) in [4.78, 5) is 21.8. The van der Waals surface area contributed by atoms with Crippen LogP contribution in [0, 0.1) is 5.41 Å². The number of aromatic nitrogens is 2. The second-order valence-electron chi connectivity index (χ2n) is 4.58. The SMILES string of the molecule is CNc1nccc(N2CCC(C)(C(N)=O)C2)n1. The van der Waals surface area contributed by atoms with Crippen molar-refractivity contribution >= 4 is 17.7 Å². The largest absolute Gasteiger partial charge is 0.369 e. The second-order valence-corrected chi connectivity index (χ2v) is 4.58. The molecule has 2 rings (SSSR count). The average Bonchev–Trinajstić information content (AvgIpc) is 2.74. The van der Waals surface area contributed by atoms with E-state index in [1.54, 1.807) is 13.2 Å². The van der Waals surface area contributed by atoms with E-state index < -0.39 is 5.41 Å². The van der Waals surface area contributed by atoms with Crippen molar-refractivity contribution in [3.63, 3.8) is 0 Å². The van der Waals surface area contributed by atoms with E-state index >= 15 is 0 Å². The summed E-state index contributed by atoms with van der Waals surface area (Å²) >= 11 is 0. The molecular formula is C11H17N5O. The molecule has 1 aliphatic heterocycles. The van der Waals surface area contributed by atoms with Gasteiger partial charge in [0.2, 0.25) is 11.9 Å². The van der Waals surface area contributed by atoms with Crippen molar-refractivity contribution in [2.24, 2.45) is 11.1 Å². The number of anilines is 2. The Morgan fingerprint density at radius 3 is 3.00 bits per heavy atom. The molecule has 1 aliphatic rings. The standard InChI is InChI=1S/C11H17N5O/c1-11(9(12)17)4-6-16(7-11)8-3-5-14-10(13-2)15-8/h3,5H,4,6-7H2,1-2H3,(H2,12,17)(H,13,14,15). The van der Waals surface area contributed by atoms with Gasteiger partial charge in [0.1, 0.15) is 5.82 Å². The van der Waals surface area contributed by atoms with Crippen LogP contribution in [0.25, 0.3) is 0 Å². The van der Waals surface area contributed by atoms with Gasteiger partial charge >= 0.3 is 0 Å². The lowest BCUT2D eigenvalue weighted by Gasteiger charge is -2.21. The predicted octanol–water partition coefficient (Wildman–Crippen LogP) is 0.220. The van der Waals surface area contributed by atoms with Gasteiger partial charge in [-0.1, -0.05) is 0 Å². The fraction of sp³-hybridized carbons (Fsp3) is 0.545. The number of hydrogen-bond acceptors (Lipinski definition) is 5. The van der Waals surface area contributed by atoms with Gasteiger partial charge in [0.05, 0.1) is 5.41 Å². The molecule has 0 saturated carbocycles. The molecule has 0 radical (unpaired) electrons. The molecule has 17 heavy (non-hydrogen) atoms. The van der Waals surface area contributed by atoms with E-state index in [0.29, 0.717) is 12.5 Å². The predicted molar refractivity (Wildman–Crippen MR) is 65.7 cm³/mol. The van der Waals surface area contributed by atoms with E-state index in [1.807, 2.05) is 13.0 Å². The number of carbonyl (C=O) groups is 1. The Balaban J connectivity index is 2.17. The van der Waals surface area contributed by atoms with Gasteiger partial charge in [-0.2, -0.15) is 4.98 Å². The number of carbonyl (C=O) groups excluding carboxylic acids is 1. The molecule has 6 nitrogen and oxygen atoms in total. The summed E-state index contributed by atoms with van der Waals surface area (Å²) in [6, 6.07) is 1.84. The quantitative estimate of drug-likeness (QED) is 0.783. The molecule has 1 fully saturated rings. The molecule has 1 saturated heterocycles. The van der Waals surface area contributed by atoms with Crippen molar-refractivity contribution in [2.45, 2.75) is 13.3 Å². The molecule has 1 amide bonds. The summed E-state index contributed by atoms with van der Waals surface area (Å²) in [6.07, 6.45) is 2.47. The summed E-state index contributed by atoms with van der Waals surface area (Å²) < 4.78 is 0. The Kier molecular flexibility index (Phi) is 2.87. The molecule has 92 valence electrons. The molecule has 0 aromatic carbocycles. The highest BCUT2D eigenvalue weighted by Crippen LogP contribution is 2.32. The topological polar surface area (TPSA) is 84.1 Å². The minimum atomic E-state index is -0.454. The van der Waals surface area contributed by atoms with Gasteiger partial charge in [0.25, 0.3) is 0 Å². The molecule has 6 heteroatoms. The highest BCUT2D eigenvalue weighted by molar-refractivity contribution is 5.82. The van der Waals surface area contributed by atoms with Crippen LogP contribution >= 0.6 is 0 Å². The van der Waals surface area contributed by atoms with Crippen molar-refractivity contribution in [3.05, 3.63) is 12.3 Å². The maximum Gasteiger partial charge on any atom is 0.225 e. The number of hydrogen-bond donors (Lipinski definition) is 2. The maximum atomic E-state index is 11.4. The van der Waals surface area contributed by atoms with E-state index in [-0.39, 0.29) is 5.91 Å². The average molecular weight is 235 g/mol. The Bertz CT molecular complexity index is 436. The second kappa shape index (κ2) is 4.20. The third-order valence-corrected chi connectivity index (χ3v) is 3.26. The van der Waals surface area contributed by atoms with Gasteiger partial charge in [-0.05, 0) is 19.4 Å². The number of primary amides is 1. The minimum absolute atomic E-state index is 0.247. The van der Waals surface area contributed by atoms with Gasteiger partial charge in [0, 0.05) is 26.3 Å². The summed E-state index contributed by atoms with van der Waals surface area (Å²) in [5.74, 6) is 1.16. The van der Waals surface area contributed by atoms with Crippen LogP contribution in [0.15, 0.2) is 12.3 Å². The summed E-state index contributed by atoms with van der Waals surface area (Å²) in [5.41, 5.74) is 4.96. The van der Waals surface area contributed by atoms with Crippen molar-refractivity contribution in [2.75, 3.05) is 30.4 Å². The fourth-order valence-corrected chi connectivity index (χ4v) is 2.00. The van der Waals surface area contributed by atoms with Crippen LogP contribution in [0.4, 0.5) is 11.8 Å². The lowest BCUT2D eigenvalue weighted by atomic mass is 9.89. The number of nitrogens with one attached hydrogen (secondary N) is 1. The zero-order valence-corrected chi connectivity index (χ0v) is 10.1. The van der Waals surface area contributed by atoms with E-state index in [9.17, 15) is 4.79 Å². The van der Waals surface area contributed by atoms with Crippen molar-refractivity contribution in [3.8, 4) is 0 Å². The lowest BCUT2D eigenvalue weighted by molar-refractivity contribution is -0.125. The molecule has 2 heterocycles. The Labute approximate surface area is 100 Å². The Morgan fingerprint density at radius 1 is 1.65 bits per heavy atom. The Morgan fingerprint density at radius 2 is 2.41 bits per heavy atom. The van der Waals surface area contributed by atoms with E-state index in [2.05, 4.69) is 20.2 Å². The smallest absolute Gasteiger partial charge is 0.225 e. The van der Waals surface area contributed by atoms with Gasteiger partial charge < -0.3 is 16.0 Å². The normalized spacial score (nSPS) is 23.8.